The third-order valence-corrected chi connectivity index (χ3v) is 3.42. The summed E-state index contributed by atoms with van der Waals surface area (Å²) in [6.07, 6.45) is 0. The third-order valence-electron chi connectivity index (χ3n) is 3.42. The number of piperazine rings is 1. The molecule has 17 heavy (non-hydrogen) atoms. The molecular weight excluding hydrogens is 215 g/mol. The van der Waals surface area contributed by atoms with Gasteiger partial charge in [0.05, 0.1) is 0 Å². The van der Waals surface area contributed by atoms with Gasteiger partial charge in [0, 0.05) is 32.7 Å². The van der Waals surface area contributed by atoms with Crippen LogP contribution in [0.15, 0.2) is 18.2 Å². The minimum absolute atomic E-state index is 0.118. The minimum atomic E-state index is -0.118. The van der Waals surface area contributed by atoms with Crippen LogP contribution in [0.4, 0.5) is 4.39 Å². The van der Waals surface area contributed by atoms with E-state index in [-0.39, 0.29) is 5.82 Å². The molecule has 1 aromatic rings. The molecule has 0 amide bonds. The van der Waals surface area contributed by atoms with E-state index in [9.17, 15) is 4.39 Å². The topological polar surface area (TPSA) is 6.48 Å². The Morgan fingerprint density at radius 3 is 2.29 bits per heavy atom. The molecule has 0 aromatic heterocycles. The molecule has 1 aliphatic rings. The summed E-state index contributed by atoms with van der Waals surface area (Å²) in [4.78, 5) is 4.85. The van der Waals surface area contributed by atoms with Crippen molar-refractivity contribution in [3.63, 3.8) is 0 Å². The van der Waals surface area contributed by atoms with E-state index in [1.54, 1.807) is 12.1 Å². The molecule has 1 saturated heterocycles. The molecule has 94 valence electrons. The summed E-state index contributed by atoms with van der Waals surface area (Å²) in [7, 11) is 0. The summed E-state index contributed by atoms with van der Waals surface area (Å²) in [5.74, 6) is -0.118. The molecule has 0 atom stereocenters. The molecule has 0 bridgehead atoms. The van der Waals surface area contributed by atoms with Gasteiger partial charge in [0.15, 0.2) is 0 Å². The summed E-state index contributed by atoms with van der Waals surface area (Å²) in [6.45, 7) is 10.6. The number of hydrogen-bond donors (Lipinski definition) is 0. The van der Waals surface area contributed by atoms with Crippen LogP contribution in [0, 0.1) is 12.7 Å². The van der Waals surface area contributed by atoms with Gasteiger partial charge in [-0.1, -0.05) is 13.0 Å². The largest absolute Gasteiger partial charge is 0.301 e. The number of aryl methyl sites for hydroxylation is 1. The molecule has 1 fully saturated rings. The van der Waals surface area contributed by atoms with Crippen molar-refractivity contribution in [3.05, 3.63) is 35.1 Å². The van der Waals surface area contributed by atoms with Gasteiger partial charge >= 0.3 is 0 Å². The maximum atomic E-state index is 13.3. The fraction of sp³-hybridized carbons (Fsp3) is 0.571. The van der Waals surface area contributed by atoms with Crippen LogP contribution in [0.3, 0.4) is 0 Å². The summed E-state index contributed by atoms with van der Waals surface area (Å²) in [5.41, 5.74) is 2.10. The van der Waals surface area contributed by atoms with Gasteiger partial charge in [-0.25, -0.2) is 4.39 Å². The Morgan fingerprint density at radius 2 is 1.71 bits per heavy atom. The highest BCUT2D eigenvalue weighted by molar-refractivity contribution is 5.23. The third kappa shape index (κ3) is 3.51. The van der Waals surface area contributed by atoms with Crippen LogP contribution < -0.4 is 0 Å². The first kappa shape index (κ1) is 12.5. The smallest absolute Gasteiger partial charge is 0.123 e. The van der Waals surface area contributed by atoms with Crippen LogP contribution >= 0.6 is 0 Å². The minimum Gasteiger partial charge on any atom is -0.301 e. The molecule has 0 N–H and O–H groups in total. The Kier molecular flexibility index (Phi) is 4.13. The Labute approximate surface area is 103 Å². The predicted octanol–water partition coefficient (Wildman–Crippen LogP) is 2.27. The van der Waals surface area contributed by atoms with Gasteiger partial charge in [0.1, 0.15) is 5.82 Å². The first-order valence-electron chi connectivity index (χ1n) is 6.38. The molecule has 0 radical (unpaired) electrons. The molecule has 2 nitrogen and oxygen atoms in total. The summed E-state index contributed by atoms with van der Waals surface area (Å²) in [6, 6.07) is 5.31. The van der Waals surface area contributed by atoms with Gasteiger partial charge < -0.3 is 4.90 Å². The molecule has 1 heterocycles. The average Bonchev–Trinajstić information content (AvgIpc) is 2.28. The molecule has 3 heteroatoms. The van der Waals surface area contributed by atoms with E-state index in [2.05, 4.69) is 22.8 Å². The van der Waals surface area contributed by atoms with Crippen LogP contribution in [0.5, 0.6) is 0 Å². The SMILES string of the molecule is CCN1CCN(Cc2cc(C)cc(F)c2)CC1. The molecule has 2 rings (SSSR count). The zero-order valence-electron chi connectivity index (χ0n) is 10.7. The van der Waals surface area contributed by atoms with Crippen LogP contribution in [0.1, 0.15) is 18.1 Å². The van der Waals surface area contributed by atoms with E-state index in [0.29, 0.717) is 0 Å². The second-order valence-electron chi connectivity index (χ2n) is 4.85. The Morgan fingerprint density at radius 1 is 1.06 bits per heavy atom. The molecular formula is C14H21FN2. The van der Waals surface area contributed by atoms with Crippen LogP contribution in [0.2, 0.25) is 0 Å². The van der Waals surface area contributed by atoms with Crippen LogP contribution in [0.25, 0.3) is 0 Å². The van der Waals surface area contributed by atoms with Gasteiger partial charge in [0.2, 0.25) is 0 Å². The van der Waals surface area contributed by atoms with Crippen LogP contribution in [-0.4, -0.2) is 42.5 Å². The van der Waals surface area contributed by atoms with E-state index >= 15 is 0 Å². The lowest BCUT2D eigenvalue weighted by atomic mass is 10.1. The van der Waals surface area contributed by atoms with Crippen molar-refractivity contribution in [2.75, 3.05) is 32.7 Å². The second-order valence-corrected chi connectivity index (χ2v) is 4.85. The average molecular weight is 236 g/mol. The number of likely N-dealkylation sites (N-methyl/N-ethyl adjacent to an activating group) is 1. The molecule has 0 saturated carbocycles. The second kappa shape index (κ2) is 5.61. The Balaban J connectivity index is 1.93. The highest BCUT2D eigenvalue weighted by Crippen LogP contribution is 2.12. The first-order valence-corrected chi connectivity index (χ1v) is 6.38. The van der Waals surface area contributed by atoms with Gasteiger partial charge in [-0.15, -0.1) is 0 Å². The number of benzene rings is 1. The lowest BCUT2D eigenvalue weighted by Gasteiger charge is -2.34. The molecule has 1 aromatic carbocycles. The first-order chi connectivity index (χ1) is 8.17. The summed E-state index contributed by atoms with van der Waals surface area (Å²) < 4.78 is 13.3. The van der Waals surface area contributed by atoms with Crippen molar-refractivity contribution in [2.24, 2.45) is 0 Å². The number of halogens is 1. The van der Waals surface area contributed by atoms with E-state index in [0.717, 1.165) is 50.4 Å². The quantitative estimate of drug-likeness (QED) is 0.794. The lowest BCUT2D eigenvalue weighted by molar-refractivity contribution is 0.132. The molecule has 0 unspecified atom stereocenters. The predicted molar refractivity (Wildman–Crippen MR) is 68.5 cm³/mol. The van der Waals surface area contributed by atoms with Gasteiger partial charge in [-0.3, -0.25) is 4.90 Å². The van der Waals surface area contributed by atoms with Crippen molar-refractivity contribution in [3.8, 4) is 0 Å². The molecule has 1 aliphatic heterocycles. The lowest BCUT2D eigenvalue weighted by Crippen LogP contribution is -2.45. The zero-order valence-corrected chi connectivity index (χ0v) is 10.7. The van der Waals surface area contributed by atoms with E-state index in [1.807, 2.05) is 6.92 Å². The van der Waals surface area contributed by atoms with Crippen molar-refractivity contribution in [1.82, 2.24) is 9.80 Å². The monoisotopic (exact) mass is 236 g/mol. The van der Waals surface area contributed by atoms with Crippen molar-refractivity contribution < 1.29 is 4.39 Å². The van der Waals surface area contributed by atoms with E-state index in [1.165, 1.54) is 0 Å². The van der Waals surface area contributed by atoms with Crippen molar-refractivity contribution >= 4 is 0 Å². The summed E-state index contributed by atoms with van der Waals surface area (Å²) >= 11 is 0. The Bertz CT molecular complexity index is 350. The molecule has 0 spiro atoms. The standard InChI is InChI=1S/C14H21FN2/c1-3-16-4-6-17(7-5-16)11-13-8-12(2)9-14(15)10-13/h8-10H,3-7,11H2,1-2H3. The van der Waals surface area contributed by atoms with E-state index < -0.39 is 0 Å². The van der Waals surface area contributed by atoms with Crippen molar-refractivity contribution in [2.45, 2.75) is 20.4 Å². The maximum absolute atomic E-state index is 13.3. The van der Waals surface area contributed by atoms with Crippen molar-refractivity contribution in [1.29, 1.82) is 0 Å². The molecule has 0 aliphatic carbocycles. The number of nitrogens with zero attached hydrogens (tertiary/aromatic N) is 2. The Hall–Kier alpha value is -0.930. The van der Waals surface area contributed by atoms with Gasteiger partial charge in [0.25, 0.3) is 0 Å². The van der Waals surface area contributed by atoms with Gasteiger partial charge in [-0.05, 0) is 36.7 Å². The normalized spacial score (nSPS) is 18.5. The van der Waals surface area contributed by atoms with Crippen LogP contribution in [-0.2, 0) is 6.54 Å². The zero-order chi connectivity index (χ0) is 12.3. The highest BCUT2D eigenvalue weighted by Gasteiger charge is 2.15. The maximum Gasteiger partial charge on any atom is 0.123 e. The number of rotatable bonds is 3. The fourth-order valence-electron chi connectivity index (χ4n) is 2.43. The van der Waals surface area contributed by atoms with E-state index in [4.69, 9.17) is 0 Å². The fourth-order valence-corrected chi connectivity index (χ4v) is 2.43. The summed E-state index contributed by atoms with van der Waals surface area (Å²) in [5, 5.41) is 0. The highest BCUT2D eigenvalue weighted by atomic mass is 19.1. The van der Waals surface area contributed by atoms with Gasteiger partial charge in [-0.2, -0.15) is 0 Å². The number of hydrogen-bond acceptors (Lipinski definition) is 2.